The molecule has 0 saturated heterocycles. The summed E-state index contributed by atoms with van der Waals surface area (Å²) in [6.45, 7) is 7.98. The number of carbonyl (C=O) groups excluding carboxylic acids is 2. The molecule has 1 aromatic carbocycles. The Morgan fingerprint density at radius 3 is 2.33 bits per heavy atom. The monoisotopic (exact) mass is 331 g/mol. The van der Waals surface area contributed by atoms with Crippen molar-refractivity contribution in [1.82, 2.24) is 15.5 Å². The molecule has 0 aromatic heterocycles. The first kappa shape index (κ1) is 18.5. The molecule has 5 heteroatoms. The summed E-state index contributed by atoms with van der Waals surface area (Å²) in [5.41, 5.74) is 2.55. The predicted molar refractivity (Wildman–Crippen MR) is 95.7 cm³/mol. The number of likely N-dealkylation sites (N-methyl/N-ethyl adjacent to an activating group) is 1. The maximum atomic E-state index is 12.1. The maximum absolute atomic E-state index is 12.1. The first-order valence-corrected chi connectivity index (χ1v) is 8.86. The lowest BCUT2D eigenvalue weighted by Crippen LogP contribution is -2.42. The summed E-state index contributed by atoms with van der Waals surface area (Å²) in [6, 6.07) is 9.12. The first-order valence-electron chi connectivity index (χ1n) is 8.86. The van der Waals surface area contributed by atoms with Crippen LogP contribution in [0, 0.1) is 0 Å². The van der Waals surface area contributed by atoms with Gasteiger partial charge in [0, 0.05) is 19.1 Å². The van der Waals surface area contributed by atoms with E-state index in [-0.39, 0.29) is 18.4 Å². The maximum Gasteiger partial charge on any atom is 0.239 e. The normalized spacial score (nSPS) is 14.0. The number of nitrogens with one attached hydrogen (secondary N) is 2. The molecule has 2 rings (SSSR count). The van der Waals surface area contributed by atoms with Crippen LogP contribution < -0.4 is 10.6 Å². The van der Waals surface area contributed by atoms with Crippen LogP contribution in [-0.4, -0.2) is 42.4 Å². The summed E-state index contributed by atoms with van der Waals surface area (Å²) in [6.07, 6.45) is 2.29. The quantitative estimate of drug-likeness (QED) is 0.728. The fraction of sp³-hybridized carbons (Fsp3) is 0.579. The van der Waals surface area contributed by atoms with E-state index in [1.165, 1.54) is 11.1 Å². The molecule has 1 aliphatic rings. The van der Waals surface area contributed by atoms with Crippen LogP contribution in [0.2, 0.25) is 0 Å². The molecule has 0 aliphatic heterocycles. The molecule has 0 spiro atoms. The standard InChI is InChI=1S/C19H29N3O2/c1-4-20-18(23)11-21-19(24)13-22(17-9-10-17)12-15-5-7-16(8-6-15)14(2)3/h5-8,14,17H,4,9-13H2,1-3H3,(H,20,23)(H,21,24). The zero-order chi connectivity index (χ0) is 17.5. The number of hydrogen-bond donors (Lipinski definition) is 2. The fourth-order valence-electron chi connectivity index (χ4n) is 2.68. The van der Waals surface area contributed by atoms with Gasteiger partial charge in [0.2, 0.25) is 11.8 Å². The summed E-state index contributed by atoms with van der Waals surface area (Å²) < 4.78 is 0. The van der Waals surface area contributed by atoms with E-state index in [0.717, 1.165) is 19.4 Å². The van der Waals surface area contributed by atoms with Gasteiger partial charge in [-0.1, -0.05) is 38.1 Å². The Labute approximate surface area is 144 Å². The van der Waals surface area contributed by atoms with E-state index in [0.29, 0.717) is 25.0 Å². The molecule has 2 N–H and O–H groups in total. The second kappa shape index (κ2) is 8.83. The van der Waals surface area contributed by atoms with Crippen LogP contribution >= 0.6 is 0 Å². The van der Waals surface area contributed by atoms with Gasteiger partial charge >= 0.3 is 0 Å². The van der Waals surface area contributed by atoms with Crippen molar-refractivity contribution in [3.8, 4) is 0 Å². The first-order chi connectivity index (χ1) is 11.5. The summed E-state index contributed by atoms with van der Waals surface area (Å²) in [7, 11) is 0. The third kappa shape index (κ3) is 5.96. The van der Waals surface area contributed by atoms with E-state index >= 15 is 0 Å². The fourth-order valence-corrected chi connectivity index (χ4v) is 2.68. The largest absolute Gasteiger partial charge is 0.355 e. The average molecular weight is 331 g/mol. The second-order valence-electron chi connectivity index (χ2n) is 6.76. The third-order valence-electron chi connectivity index (χ3n) is 4.26. The number of benzene rings is 1. The molecule has 0 radical (unpaired) electrons. The van der Waals surface area contributed by atoms with Crippen LogP contribution in [-0.2, 0) is 16.1 Å². The Kier molecular flexibility index (Phi) is 6.79. The Bertz CT molecular complexity index is 550. The molecule has 1 saturated carbocycles. The highest BCUT2D eigenvalue weighted by Crippen LogP contribution is 2.28. The lowest BCUT2D eigenvalue weighted by Gasteiger charge is -2.21. The number of hydrogen-bond acceptors (Lipinski definition) is 3. The molecule has 5 nitrogen and oxygen atoms in total. The third-order valence-corrected chi connectivity index (χ3v) is 4.26. The van der Waals surface area contributed by atoms with E-state index < -0.39 is 0 Å². The lowest BCUT2D eigenvalue weighted by molar-refractivity contribution is -0.126. The van der Waals surface area contributed by atoms with Crippen molar-refractivity contribution < 1.29 is 9.59 Å². The molecular formula is C19H29N3O2. The number of carbonyl (C=O) groups is 2. The minimum absolute atomic E-state index is 0.0499. The van der Waals surface area contributed by atoms with Gasteiger partial charge in [0.05, 0.1) is 13.1 Å². The Morgan fingerprint density at radius 1 is 1.12 bits per heavy atom. The predicted octanol–water partition coefficient (Wildman–Crippen LogP) is 2.03. The second-order valence-corrected chi connectivity index (χ2v) is 6.76. The van der Waals surface area contributed by atoms with Crippen LogP contribution in [0.4, 0.5) is 0 Å². The van der Waals surface area contributed by atoms with Gasteiger partial charge in [-0.05, 0) is 36.8 Å². The highest BCUT2D eigenvalue weighted by Gasteiger charge is 2.30. The molecule has 0 atom stereocenters. The molecule has 0 heterocycles. The Hall–Kier alpha value is -1.88. The van der Waals surface area contributed by atoms with Crippen LogP contribution in [0.3, 0.4) is 0 Å². The van der Waals surface area contributed by atoms with Crippen molar-refractivity contribution in [3.05, 3.63) is 35.4 Å². The van der Waals surface area contributed by atoms with Crippen LogP contribution in [0.1, 0.15) is 50.7 Å². The van der Waals surface area contributed by atoms with Crippen molar-refractivity contribution in [2.45, 2.75) is 52.1 Å². The van der Waals surface area contributed by atoms with E-state index in [4.69, 9.17) is 0 Å². The minimum atomic E-state index is -0.145. The minimum Gasteiger partial charge on any atom is -0.355 e. The van der Waals surface area contributed by atoms with Crippen molar-refractivity contribution in [2.75, 3.05) is 19.6 Å². The smallest absolute Gasteiger partial charge is 0.239 e. The molecule has 24 heavy (non-hydrogen) atoms. The Morgan fingerprint density at radius 2 is 1.79 bits per heavy atom. The molecule has 0 bridgehead atoms. The van der Waals surface area contributed by atoms with Gasteiger partial charge in [-0.3, -0.25) is 14.5 Å². The zero-order valence-electron chi connectivity index (χ0n) is 15.0. The number of amides is 2. The van der Waals surface area contributed by atoms with Gasteiger partial charge < -0.3 is 10.6 Å². The van der Waals surface area contributed by atoms with Crippen LogP contribution in [0.15, 0.2) is 24.3 Å². The summed E-state index contributed by atoms with van der Waals surface area (Å²) in [5, 5.41) is 5.37. The lowest BCUT2D eigenvalue weighted by atomic mass is 10.0. The van der Waals surface area contributed by atoms with Crippen molar-refractivity contribution >= 4 is 11.8 Å². The molecule has 0 unspecified atom stereocenters. The highest BCUT2D eigenvalue weighted by molar-refractivity contribution is 5.85. The van der Waals surface area contributed by atoms with E-state index in [9.17, 15) is 9.59 Å². The van der Waals surface area contributed by atoms with E-state index in [1.807, 2.05) is 6.92 Å². The van der Waals surface area contributed by atoms with Gasteiger partial charge in [-0.2, -0.15) is 0 Å². The van der Waals surface area contributed by atoms with Gasteiger partial charge in [-0.15, -0.1) is 0 Å². The highest BCUT2D eigenvalue weighted by atomic mass is 16.2. The summed E-state index contributed by atoms with van der Waals surface area (Å²) in [4.78, 5) is 25.7. The summed E-state index contributed by atoms with van der Waals surface area (Å²) in [5.74, 6) is 0.290. The molecule has 2 amide bonds. The molecular weight excluding hydrogens is 302 g/mol. The van der Waals surface area contributed by atoms with Gasteiger partial charge in [0.1, 0.15) is 0 Å². The van der Waals surface area contributed by atoms with E-state index in [1.54, 1.807) is 0 Å². The van der Waals surface area contributed by atoms with Gasteiger partial charge in [-0.25, -0.2) is 0 Å². The zero-order valence-corrected chi connectivity index (χ0v) is 15.0. The van der Waals surface area contributed by atoms with Crippen LogP contribution in [0.25, 0.3) is 0 Å². The van der Waals surface area contributed by atoms with Gasteiger partial charge in [0.15, 0.2) is 0 Å². The van der Waals surface area contributed by atoms with Crippen molar-refractivity contribution in [2.24, 2.45) is 0 Å². The number of rotatable bonds is 9. The topological polar surface area (TPSA) is 61.4 Å². The SMILES string of the molecule is CCNC(=O)CNC(=O)CN(Cc1ccc(C(C)C)cc1)C1CC1. The van der Waals surface area contributed by atoms with Crippen LogP contribution in [0.5, 0.6) is 0 Å². The number of nitrogens with zero attached hydrogens (tertiary/aromatic N) is 1. The molecule has 1 aliphatic carbocycles. The molecule has 1 aromatic rings. The van der Waals surface area contributed by atoms with Gasteiger partial charge in [0.25, 0.3) is 0 Å². The van der Waals surface area contributed by atoms with Crippen molar-refractivity contribution in [1.29, 1.82) is 0 Å². The Balaban J connectivity index is 1.85. The average Bonchev–Trinajstić information content (AvgIpc) is 3.38. The molecule has 132 valence electrons. The summed E-state index contributed by atoms with van der Waals surface area (Å²) >= 11 is 0. The molecule has 1 fully saturated rings. The van der Waals surface area contributed by atoms with Crippen molar-refractivity contribution in [3.63, 3.8) is 0 Å². The van der Waals surface area contributed by atoms with E-state index in [2.05, 4.69) is 53.6 Å².